The largest absolute Gasteiger partial charge is 0.335 e. The maximum Gasteiger partial charge on any atom is 0.264 e. The van der Waals surface area contributed by atoms with Gasteiger partial charge in [0.05, 0.1) is 4.88 Å². The molecule has 1 unspecified atom stereocenters. The van der Waals surface area contributed by atoms with Gasteiger partial charge in [-0.2, -0.15) is 0 Å². The lowest BCUT2D eigenvalue weighted by Gasteiger charge is -2.35. The molecule has 1 saturated heterocycles. The summed E-state index contributed by atoms with van der Waals surface area (Å²) in [5, 5.41) is 0. The van der Waals surface area contributed by atoms with Crippen molar-refractivity contribution in [3.05, 3.63) is 21.4 Å². The summed E-state index contributed by atoms with van der Waals surface area (Å²) in [5.41, 5.74) is 7.16. The van der Waals surface area contributed by atoms with Crippen molar-refractivity contribution in [3.8, 4) is 0 Å². The molecule has 0 bridgehead atoms. The van der Waals surface area contributed by atoms with E-state index < -0.39 is 0 Å². The number of nitrogens with two attached hydrogens (primary N) is 1. The number of carbonyl (C=O) groups excluding carboxylic acids is 1. The van der Waals surface area contributed by atoms with E-state index in [9.17, 15) is 4.79 Å². The molecule has 0 saturated carbocycles. The second-order valence-electron chi connectivity index (χ2n) is 6.35. The van der Waals surface area contributed by atoms with Crippen molar-refractivity contribution in [2.75, 3.05) is 13.1 Å². The Balaban J connectivity index is 1.77. The minimum atomic E-state index is 0.256. The zero-order valence-corrected chi connectivity index (χ0v) is 13.6. The van der Waals surface area contributed by atoms with Gasteiger partial charge in [0.2, 0.25) is 0 Å². The molecule has 1 atom stereocenters. The first-order chi connectivity index (χ1) is 10.3. The maximum absolute atomic E-state index is 12.9. The molecule has 2 heterocycles. The van der Waals surface area contributed by atoms with Crippen LogP contribution in [0, 0.1) is 0 Å². The number of carbonyl (C=O) groups is 1. The van der Waals surface area contributed by atoms with Gasteiger partial charge in [0.1, 0.15) is 0 Å². The van der Waals surface area contributed by atoms with Crippen LogP contribution < -0.4 is 5.73 Å². The van der Waals surface area contributed by atoms with Gasteiger partial charge in [0.15, 0.2) is 0 Å². The third-order valence-corrected chi connectivity index (χ3v) is 6.07. The molecule has 1 fully saturated rings. The summed E-state index contributed by atoms with van der Waals surface area (Å²) in [7, 11) is 0. The Hall–Kier alpha value is -0.870. The van der Waals surface area contributed by atoms with Crippen LogP contribution in [0.4, 0.5) is 0 Å². The van der Waals surface area contributed by atoms with Gasteiger partial charge in [-0.05, 0) is 69.5 Å². The second-order valence-corrected chi connectivity index (χ2v) is 7.48. The Labute approximate surface area is 131 Å². The topological polar surface area (TPSA) is 46.3 Å². The summed E-state index contributed by atoms with van der Waals surface area (Å²) in [6, 6.07) is 2.54. The molecule has 0 spiro atoms. The number of aryl methyl sites for hydroxylation is 2. The first kappa shape index (κ1) is 15.0. The molecule has 0 aromatic carbocycles. The van der Waals surface area contributed by atoms with Gasteiger partial charge in [-0.25, -0.2) is 0 Å². The van der Waals surface area contributed by atoms with Gasteiger partial charge in [-0.1, -0.05) is 6.42 Å². The van der Waals surface area contributed by atoms with Crippen molar-refractivity contribution in [1.29, 1.82) is 0 Å². The number of nitrogens with zero attached hydrogens (tertiary/aromatic N) is 1. The van der Waals surface area contributed by atoms with E-state index in [1.165, 1.54) is 42.5 Å². The molecule has 1 aliphatic carbocycles. The van der Waals surface area contributed by atoms with Gasteiger partial charge in [0, 0.05) is 17.5 Å². The highest BCUT2D eigenvalue weighted by Gasteiger charge is 2.28. The fourth-order valence-electron chi connectivity index (χ4n) is 3.67. The normalized spacial score (nSPS) is 22.7. The van der Waals surface area contributed by atoms with E-state index in [-0.39, 0.29) is 5.91 Å². The van der Waals surface area contributed by atoms with Crippen LogP contribution in [0.15, 0.2) is 6.07 Å². The number of hydrogen-bond donors (Lipinski definition) is 1. The third-order valence-electron chi connectivity index (χ3n) is 4.85. The molecule has 1 aromatic rings. The lowest BCUT2D eigenvalue weighted by Crippen LogP contribution is -2.44. The van der Waals surface area contributed by atoms with E-state index in [0.29, 0.717) is 12.6 Å². The summed E-state index contributed by atoms with van der Waals surface area (Å²) in [4.78, 5) is 17.4. The molecule has 2 N–H and O–H groups in total. The smallest absolute Gasteiger partial charge is 0.264 e. The molecule has 2 aliphatic rings. The monoisotopic (exact) mass is 306 g/mol. The summed E-state index contributed by atoms with van der Waals surface area (Å²) < 4.78 is 0. The number of likely N-dealkylation sites (tertiary alicyclic amines) is 1. The molecule has 4 heteroatoms. The standard InChI is InChI=1S/C17H26N2OS/c18-10-9-14-7-4-5-11-19(14)17(20)16-12-13-6-2-1-3-8-15(13)21-16/h12,14H,1-11,18H2. The highest BCUT2D eigenvalue weighted by molar-refractivity contribution is 7.14. The molecular formula is C17H26N2OS. The van der Waals surface area contributed by atoms with Crippen molar-refractivity contribution in [2.45, 2.75) is 63.8 Å². The first-order valence-electron chi connectivity index (χ1n) is 8.42. The number of fused-ring (bicyclic) bond motifs is 1. The Morgan fingerprint density at radius 1 is 1.24 bits per heavy atom. The fraction of sp³-hybridized carbons (Fsp3) is 0.706. The molecule has 3 rings (SSSR count). The summed E-state index contributed by atoms with van der Waals surface area (Å²) in [5.74, 6) is 0.256. The van der Waals surface area contributed by atoms with Crippen LogP contribution in [0.2, 0.25) is 0 Å². The van der Waals surface area contributed by atoms with Crippen LogP contribution in [-0.2, 0) is 12.8 Å². The van der Waals surface area contributed by atoms with Crippen LogP contribution in [0.1, 0.15) is 65.1 Å². The molecule has 116 valence electrons. The van der Waals surface area contributed by atoms with Crippen LogP contribution in [0.25, 0.3) is 0 Å². The van der Waals surface area contributed by atoms with Crippen LogP contribution in [-0.4, -0.2) is 29.9 Å². The molecule has 1 aliphatic heterocycles. The number of thiophene rings is 1. The Morgan fingerprint density at radius 3 is 2.95 bits per heavy atom. The second kappa shape index (κ2) is 6.93. The fourth-order valence-corrected chi connectivity index (χ4v) is 4.88. The van der Waals surface area contributed by atoms with Crippen LogP contribution >= 0.6 is 11.3 Å². The minimum absolute atomic E-state index is 0.256. The van der Waals surface area contributed by atoms with Gasteiger partial charge >= 0.3 is 0 Å². The minimum Gasteiger partial charge on any atom is -0.335 e. The van der Waals surface area contributed by atoms with E-state index in [0.717, 1.165) is 37.1 Å². The quantitative estimate of drug-likeness (QED) is 0.870. The zero-order valence-electron chi connectivity index (χ0n) is 12.8. The highest BCUT2D eigenvalue weighted by Crippen LogP contribution is 2.31. The molecule has 3 nitrogen and oxygen atoms in total. The van der Waals surface area contributed by atoms with Gasteiger partial charge < -0.3 is 10.6 Å². The van der Waals surface area contributed by atoms with Gasteiger partial charge in [0.25, 0.3) is 5.91 Å². The SMILES string of the molecule is NCCC1CCCCN1C(=O)c1cc2c(s1)CCCCC2. The van der Waals surface area contributed by atoms with E-state index in [1.54, 1.807) is 11.3 Å². The molecule has 21 heavy (non-hydrogen) atoms. The van der Waals surface area contributed by atoms with E-state index in [1.807, 2.05) is 0 Å². The maximum atomic E-state index is 12.9. The van der Waals surface area contributed by atoms with Crippen LogP contribution in [0.3, 0.4) is 0 Å². The number of hydrogen-bond acceptors (Lipinski definition) is 3. The third kappa shape index (κ3) is 3.32. The Morgan fingerprint density at radius 2 is 2.10 bits per heavy atom. The number of piperidine rings is 1. The van der Waals surface area contributed by atoms with Gasteiger partial charge in [-0.15, -0.1) is 11.3 Å². The number of rotatable bonds is 3. The van der Waals surface area contributed by atoms with Crippen molar-refractivity contribution in [2.24, 2.45) is 5.73 Å². The van der Waals surface area contributed by atoms with E-state index >= 15 is 0 Å². The summed E-state index contributed by atoms with van der Waals surface area (Å²) >= 11 is 1.75. The predicted molar refractivity (Wildman–Crippen MR) is 87.9 cm³/mol. The first-order valence-corrected chi connectivity index (χ1v) is 9.24. The summed E-state index contributed by atoms with van der Waals surface area (Å²) in [6.07, 6.45) is 10.6. The molecule has 1 amide bonds. The number of amides is 1. The average molecular weight is 306 g/mol. The predicted octanol–water partition coefficient (Wildman–Crippen LogP) is 3.36. The Kier molecular flexibility index (Phi) is 4.96. The molecule has 0 radical (unpaired) electrons. The van der Waals surface area contributed by atoms with E-state index in [4.69, 9.17) is 5.73 Å². The highest BCUT2D eigenvalue weighted by atomic mass is 32.1. The van der Waals surface area contributed by atoms with Gasteiger partial charge in [-0.3, -0.25) is 4.79 Å². The molecular weight excluding hydrogens is 280 g/mol. The van der Waals surface area contributed by atoms with Crippen molar-refractivity contribution >= 4 is 17.2 Å². The summed E-state index contributed by atoms with van der Waals surface area (Å²) in [6.45, 7) is 1.58. The molecule has 1 aromatic heterocycles. The van der Waals surface area contributed by atoms with E-state index in [2.05, 4.69) is 11.0 Å². The lowest BCUT2D eigenvalue weighted by molar-refractivity contribution is 0.0610. The zero-order chi connectivity index (χ0) is 14.7. The van der Waals surface area contributed by atoms with Crippen molar-refractivity contribution in [3.63, 3.8) is 0 Å². The average Bonchev–Trinajstić information content (AvgIpc) is 2.78. The van der Waals surface area contributed by atoms with Crippen molar-refractivity contribution in [1.82, 2.24) is 4.90 Å². The Bertz CT molecular complexity index is 471. The van der Waals surface area contributed by atoms with Crippen LogP contribution in [0.5, 0.6) is 0 Å². The van der Waals surface area contributed by atoms with Crippen molar-refractivity contribution < 1.29 is 4.79 Å². The lowest BCUT2D eigenvalue weighted by atomic mass is 9.99.